The Kier molecular flexibility index (Phi) is 4.59. The average molecular weight is 259 g/mol. The second kappa shape index (κ2) is 5.95. The van der Waals surface area contributed by atoms with E-state index in [1.54, 1.807) is 0 Å². The van der Waals surface area contributed by atoms with Crippen molar-refractivity contribution >= 4 is 17.6 Å². The zero-order valence-corrected chi connectivity index (χ0v) is 9.27. The molecule has 0 aliphatic carbocycles. The molecule has 1 aromatic rings. The number of hydrogen-bond donors (Lipinski definition) is 2. The number of halogens is 2. The molecule has 0 aromatic heterocycles. The summed E-state index contributed by atoms with van der Waals surface area (Å²) in [5, 5.41) is 17.2. The minimum Gasteiger partial charge on any atom is -0.481 e. The van der Waals surface area contributed by atoms with Crippen molar-refractivity contribution in [2.45, 2.75) is 6.42 Å². The third-order valence-electron chi connectivity index (χ3n) is 2.17. The van der Waals surface area contributed by atoms with E-state index in [2.05, 4.69) is 0 Å². The van der Waals surface area contributed by atoms with E-state index in [-0.39, 0.29) is 18.7 Å². The van der Waals surface area contributed by atoms with Crippen molar-refractivity contribution < 1.29 is 28.6 Å². The summed E-state index contributed by atoms with van der Waals surface area (Å²) >= 11 is 0. The van der Waals surface area contributed by atoms with Gasteiger partial charge in [-0.15, -0.1) is 0 Å². The van der Waals surface area contributed by atoms with Crippen molar-refractivity contribution in [2.75, 3.05) is 18.0 Å². The van der Waals surface area contributed by atoms with Crippen LogP contribution in [-0.4, -0.2) is 35.2 Å². The van der Waals surface area contributed by atoms with Crippen molar-refractivity contribution in [3.05, 3.63) is 29.8 Å². The molecule has 18 heavy (non-hydrogen) atoms. The molecule has 5 nitrogen and oxygen atoms in total. The summed E-state index contributed by atoms with van der Waals surface area (Å²) in [6.45, 7) is -0.824. The molecule has 0 radical (unpaired) electrons. The Bertz CT molecular complexity index is 464. The largest absolute Gasteiger partial charge is 0.481 e. The lowest BCUT2D eigenvalue weighted by molar-refractivity contribution is -0.138. The van der Waals surface area contributed by atoms with Gasteiger partial charge in [-0.2, -0.15) is 0 Å². The van der Waals surface area contributed by atoms with E-state index in [9.17, 15) is 18.4 Å². The minimum atomic E-state index is -1.26. The van der Waals surface area contributed by atoms with Gasteiger partial charge in [0.25, 0.3) is 0 Å². The summed E-state index contributed by atoms with van der Waals surface area (Å²) in [4.78, 5) is 22.0. The maximum absolute atomic E-state index is 13.4. The second-order valence-corrected chi connectivity index (χ2v) is 3.55. The van der Waals surface area contributed by atoms with Crippen LogP contribution in [0.5, 0.6) is 0 Å². The first kappa shape index (κ1) is 13.9. The van der Waals surface area contributed by atoms with Crippen molar-refractivity contribution in [3.63, 3.8) is 0 Å². The molecule has 1 rings (SSSR count). The van der Waals surface area contributed by atoms with Gasteiger partial charge in [-0.1, -0.05) is 0 Å². The van der Waals surface area contributed by atoms with Gasteiger partial charge in [0.05, 0.1) is 12.1 Å². The van der Waals surface area contributed by atoms with Gasteiger partial charge < -0.3 is 15.1 Å². The molecule has 98 valence electrons. The van der Waals surface area contributed by atoms with E-state index in [4.69, 9.17) is 10.2 Å². The summed E-state index contributed by atoms with van der Waals surface area (Å²) in [6.07, 6.45) is -0.372. The third kappa shape index (κ3) is 4.00. The molecular weight excluding hydrogens is 248 g/mol. The molecule has 0 aliphatic heterocycles. The molecule has 0 spiro atoms. The van der Waals surface area contributed by atoms with Crippen molar-refractivity contribution in [2.24, 2.45) is 0 Å². The summed E-state index contributed by atoms with van der Waals surface area (Å²) < 4.78 is 26.4. The van der Waals surface area contributed by atoms with Gasteiger partial charge in [0.15, 0.2) is 0 Å². The fraction of sp³-hybridized carbons (Fsp3) is 0.273. The fourth-order valence-corrected chi connectivity index (χ4v) is 1.41. The lowest BCUT2D eigenvalue weighted by Gasteiger charge is -2.22. The second-order valence-electron chi connectivity index (χ2n) is 3.55. The van der Waals surface area contributed by atoms with E-state index in [0.29, 0.717) is 0 Å². The Morgan fingerprint density at radius 1 is 1.17 bits per heavy atom. The normalized spacial score (nSPS) is 10.1. The highest BCUT2D eigenvalue weighted by Crippen LogP contribution is 2.20. The Balaban J connectivity index is 2.96. The molecule has 0 unspecified atom stereocenters. The van der Waals surface area contributed by atoms with Crippen molar-refractivity contribution in [1.82, 2.24) is 0 Å². The van der Waals surface area contributed by atoms with Crippen LogP contribution in [0.1, 0.15) is 6.42 Å². The van der Waals surface area contributed by atoms with E-state index < -0.39 is 30.1 Å². The van der Waals surface area contributed by atoms with Gasteiger partial charge in [0.1, 0.15) is 18.2 Å². The summed E-state index contributed by atoms with van der Waals surface area (Å²) in [5.74, 6) is -3.94. The number of aliphatic carboxylic acids is 2. The monoisotopic (exact) mass is 259 g/mol. The first-order chi connectivity index (χ1) is 8.40. The zero-order chi connectivity index (χ0) is 13.7. The quantitative estimate of drug-likeness (QED) is 0.805. The molecule has 7 heteroatoms. The van der Waals surface area contributed by atoms with Gasteiger partial charge in [-0.25, -0.2) is 8.78 Å². The van der Waals surface area contributed by atoms with Gasteiger partial charge in [-0.3, -0.25) is 9.59 Å². The maximum Gasteiger partial charge on any atom is 0.323 e. The van der Waals surface area contributed by atoms with Crippen molar-refractivity contribution in [3.8, 4) is 0 Å². The highest BCUT2D eigenvalue weighted by atomic mass is 19.1. The molecule has 2 N–H and O–H groups in total. The number of carbonyl (C=O) groups is 2. The Hall–Kier alpha value is -2.18. The van der Waals surface area contributed by atoms with E-state index in [0.717, 1.165) is 23.1 Å². The number of hydrogen-bond acceptors (Lipinski definition) is 3. The third-order valence-corrected chi connectivity index (χ3v) is 2.17. The Morgan fingerprint density at radius 3 is 2.39 bits per heavy atom. The van der Waals surface area contributed by atoms with Gasteiger partial charge in [0, 0.05) is 12.6 Å². The van der Waals surface area contributed by atoms with E-state index in [1.807, 2.05) is 0 Å². The molecule has 0 fully saturated rings. The summed E-state index contributed by atoms with van der Waals surface area (Å²) in [5.41, 5.74) is -0.265. The molecular formula is C11H11F2NO4. The topological polar surface area (TPSA) is 77.8 Å². The fourth-order valence-electron chi connectivity index (χ4n) is 1.41. The molecule has 0 amide bonds. The van der Waals surface area contributed by atoms with Gasteiger partial charge in [-0.05, 0) is 12.1 Å². The standard InChI is InChI=1S/C11H11F2NO4/c12-7-1-2-8(13)9(5-7)14(6-11(17)18)4-3-10(15)16/h1-2,5H,3-4,6H2,(H,15,16)(H,17,18). The number of benzene rings is 1. The first-order valence-corrected chi connectivity index (χ1v) is 5.03. The summed E-state index contributed by atoms with van der Waals surface area (Å²) in [6, 6.07) is 2.59. The highest BCUT2D eigenvalue weighted by Gasteiger charge is 2.16. The van der Waals surface area contributed by atoms with Gasteiger partial charge >= 0.3 is 11.9 Å². The average Bonchev–Trinajstić information content (AvgIpc) is 2.27. The van der Waals surface area contributed by atoms with Crippen LogP contribution in [0.3, 0.4) is 0 Å². The highest BCUT2D eigenvalue weighted by molar-refractivity contribution is 5.74. The summed E-state index contributed by atoms with van der Waals surface area (Å²) in [7, 11) is 0. The van der Waals surface area contributed by atoms with Crippen LogP contribution in [0, 0.1) is 11.6 Å². The number of rotatable bonds is 6. The zero-order valence-electron chi connectivity index (χ0n) is 9.27. The molecule has 0 saturated carbocycles. The SMILES string of the molecule is O=C(O)CCN(CC(=O)O)c1cc(F)ccc1F. The molecule has 0 heterocycles. The van der Waals surface area contributed by atoms with Crippen LogP contribution in [0.15, 0.2) is 18.2 Å². The maximum atomic E-state index is 13.4. The Labute approximate surface area is 101 Å². The van der Waals surface area contributed by atoms with Crippen LogP contribution in [-0.2, 0) is 9.59 Å². The lowest BCUT2D eigenvalue weighted by atomic mass is 10.2. The molecule has 0 aliphatic rings. The minimum absolute atomic E-state index is 0.220. The Morgan fingerprint density at radius 2 is 1.83 bits per heavy atom. The first-order valence-electron chi connectivity index (χ1n) is 5.03. The predicted octanol–water partition coefficient (Wildman–Crippen LogP) is 1.33. The number of carboxylic acid groups (broad SMARTS) is 2. The number of nitrogens with zero attached hydrogens (tertiary/aromatic N) is 1. The molecule has 0 saturated heterocycles. The number of anilines is 1. The number of carboxylic acids is 2. The van der Waals surface area contributed by atoms with Crippen LogP contribution in [0.4, 0.5) is 14.5 Å². The van der Waals surface area contributed by atoms with Gasteiger partial charge in [0.2, 0.25) is 0 Å². The van der Waals surface area contributed by atoms with Crippen LogP contribution in [0.25, 0.3) is 0 Å². The van der Waals surface area contributed by atoms with Crippen LogP contribution < -0.4 is 4.90 Å². The van der Waals surface area contributed by atoms with E-state index in [1.165, 1.54) is 0 Å². The van der Waals surface area contributed by atoms with E-state index >= 15 is 0 Å². The lowest BCUT2D eigenvalue weighted by Crippen LogP contribution is -2.32. The molecule has 1 aromatic carbocycles. The molecule has 0 bridgehead atoms. The van der Waals surface area contributed by atoms with Crippen molar-refractivity contribution in [1.29, 1.82) is 0 Å². The molecule has 0 atom stereocenters. The van der Waals surface area contributed by atoms with Crippen LogP contribution in [0.2, 0.25) is 0 Å². The predicted molar refractivity (Wildman–Crippen MR) is 58.5 cm³/mol. The van der Waals surface area contributed by atoms with Crippen LogP contribution >= 0.6 is 0 Å². The smallest absolute Gasteiger partial charge is 0.323 e.